The van der Waals surface area contributed by atoms with E-state index >= 15 is 0 Å². The van der Waals surface area contributed by atoms with Crippen LogP contribution in [-0.4, -0.2) is 65.4 Å². The largest absolute Gasteiger partial charge is 0.493 e. The standard InChI is InChI=1S/C22H35F3N2O5/c1-22(2,3)12-15(27-13-18(30-5)31-6)21(28)26-10-9-14-7-8-16(29-4)17(11-14)32-20(25)19(23)24/h7-8,11,15,18-20,27H,9-10,12-13H2,1-6H3,(H,26,28). The molecule has 1 aromatic carbocycles. The maximum atomic E-state index is 13.3. The first-order valence-electron chi connectivity index (χ1n) is 10.3. The average molecular weight is 465 g/mol. The summed E-state index contributed by atoms with van der Waals surface area (Å²) in [6.07, 6.45) is -5.53. The fraction of sp³-hybridized carbons (Fsp3) is 0.682. The van der Waals surface area contributed by atoms with Crippen molar-refractivity contribution >= 4 is 5.91 Å². The molecule has 0 fully saturated rings. The Kier molecular flexibility index (Phi) is 11.8. The summed E-state index contributed by atoms with van der Waals surface area (Å²) in [5.74, 6) is -0.166. The number of methoxy groups -OCH3 is 3. The Morgan fingerprint density at radius 2 is 1.72 bits per heavy atom. The highest BCUT2D eigenvalue weighted by molar-refractivity contribution is 5.81. The van der Waals surface area contributed by atoms with Gasteiger partial charge in [0, 0.05) is 27.3 Å². The van der Waals surface area contributed by atoms with Crippen molar-refractivity contribution in [1.29, 1.82) is 0 Å². The Morgan fingerprint density at radius 3 is 2.25 bits per heavy atom. The van der Waals surface area contributed by atoms with Crippen molar-refractivity contribution in [2.45, 2.75) is 58.7 Å². The van der Waals surface area contributed by atoms with Crippen LogP contribution in [0.2, 0.25) is 0 Å². The van der Waals surface area contributed by atoms with Crippen molar-refractivity contribution in [1.82, 2.24) is 10.6 Å². The molecule has 1 aromatic rings. The van der Waals surface area contributed by atoms with Gasteiger partial charge in [0.25, 0.3) is 6.36 Å². The minimum absolute atomic E-state index is 0.0967. The second-order valence-electron chi connectivity index (χ2n) is 8.46. The molecule has 0 spiro atoms. The van der Waals surface area contributed by atoms with Gasteiger partial charge in [0.15, 0.2) is 17.8 Å². The van der Waals surface area contributed by atoms with Gasteiger partial charge in [0.1, 0.15) is 0 Å². The lowest BCUT2D eigenvalue weighted by atomic mass is 9.87. The van der Waals surface area contributed by atoms with E-state index in [1.54, 1.807) is 6.07 Å². The molecule has 32 heavy (non-hydrogen) atoms. The van der Waals surface area contributed by atoms with Crippen LogP contribution in [0, 0.1) is 5.41 Å². The Balaban J connectivity index is 2.74. The van der Waals surface area contributed by atoms with Crippen molar-refractivity contribution < 1.29 is 36.9 Å². The number of benzene rings is 1. The van der Waals surface area contributed by atoms with E-state index in [-0.39, 0.29) is 22.8 Å². The van der Waals surface area contributed by atoms with Gasteiger partial charge in [-0.3, -0.25) is 4.79 Å². The van der Waals surface area contributed by atoms with E-state index in [1.807, 2.05) is 20.8 Å². The van der Waals surface area contributed by atoms with Crippen LogP contribution in [0.4, 0.5) is 13.2 Å². The zero-order valence-corrected chi connectivity index (χ0v) is 19.5. The fourth-order valence-electron chi connectivity index (χ4n) is 2.97. The van der Waals surface area contributed by atoms with Crippen molar-refractivity contribution in [3.05, 3.63) is 23.8 Å². The van der Waals surface area contributed by atoms with Gasteiger partial charge in [0.05, 0.1) is 13.2 Å². The van der Waals surface area contributed by atoms with Crippen LogP contribution >= 0.6 is 0 Å². The SMILES string of the molecule is COc1ccc(CCNC(=O)C(CC(C)(C)C)NCC(OC)OC)cc1OC(F)C(F)F. The van der Waals surface area contributed by atoms with Gasteiger partial charge in [0.2, 0.25) is 5.91 Å². The van der Waals surface area contributed by atoms with Gasteiger partial charge in [-0.15, -0.1) is 0 Å². The molecule has 1 amide bonds. The molecule has 7 nitrogen and oxygen atoms in total. The smallest absolute Gasteiger partial charge is 0.304 e. The number of ether oxygens (including phenoxy) is 4. The summed E-state index contributed by atoms with van der Waals surface area (Å²) in [6.45, 7) is 6.74. The monoisotopic (exact) mass is 464 g/mol. The van der Waals surface area contributed by atoms with Crippen molar-refractivity contribution in [2.75, 3.05) is 34.4 Å². The highest BCUT2D eigenvalue weighted by atomic mass is 19.3. The number of nitrogens with one attached hydrogen (secondary N) is 2. The third-order valence-corrected chi connectivity index (χ3v) is 4.57. The third kappa shape index (κ3) is 10.1. The zero-order chi connectivity index (χ0) is 24.3. The van der Waals surface area contributed by atoms with Crippen LogP contribution in [0.1, 0.15) is 32.8 Å². The van der Waals surface area contributed by atoms with Crippen LogP contribution in [0.5, 0.6) is 11.5 Å². The van der Waals surface area contributed by atoms with E-state index in [4.69, 9.17) is 14.2 Å². The Labute approximate surface area is 187 Å². The van der Waals surface area contributed by atoms with Crippen LogP contribution in [-0.2, 0) is 20.7 Å². The molecule has 1 rings (SSSR count). The van der Waals surface area contributed by atoms with E-state index in [9.17, 15) is 18.0 Å². The summed E-state index contributed by atoms with van der Waals surface area (Å²) in [6, 6.07) is 4.16. The van der Waals surface area contributed by atoms with E-state index in [2.05, 4.69) is 15.4 Å². The van der Waals surface area contributed by atoms with Crippen molar-refractivity contribution in [3.63, 3.8) is 0 Å². The van der Waals surface area contributed by atoms with E-state index < -0.39 is 25.1 Å². The van der Waals surface area contributed by atoms with E-state index in [1.165, 1.54) is 33.5 Å². The average Bonchev–Trinajstić information content (AvgIpc) is 2.72. The Bertz CT molecular complexity index is 697. The van der Waals surface area contributed by atoms with Crippen LogP contribution in [0.25, 0.3) is 0 Å². The summed E-state index contributed by atoms with van der Waals surface area (Å²) in [5.41, 5.74) is 0.572. The molecule has 10 heteroatoms. The van der Waals surface area contributed by atoms with Gasteiger partial charge in [-0.05, 0) is 36.0 Å². The molecular formula is C22H35F3N2O5. The number of hydrogen-bond donors (Lipinski definition) is 2. The summed E-state index contributed by atoms with van der Waals surface area (Å²) >= 11 is 0. The summed E-state index contributed by atoms with van der Waals surface area (Å²) < 4.78 is 58.3. The predicted octanol–water partition coefficient (Wildman–Crippen LogP) is 3.31. The summed E-state index contributed by atoms with van der Waals surface area (Å²) in [7, 11) is 4.37. The second kappa shape index (κ2) is 13.5. The summed E-state index contributed by atoms with van der Waals surface area (Å²) in [5, 5.41) is 6.04. The number of amides is 1. The number of alkyl halides is 3. The molecule has 0 saturated carbocycles. The molecule has 184 valence electrons. The Morgan fingerprint density at radius 1 is 1.06 bits per heavy atom. The minimum atomic E-state index is -3.27. The van der Waals surface area contributed by atoms with Gasteiger partial charge in [-0.25, -0.2) is 8.78 Å². The van der Waals surface area contributed by atoms with Gasteiger partial charge in [-0.1, -0.05) is 26.8 Å². The lowest BCUT2D eigenvalue weighted by Gasteiger charge is -2.27. The second-order valence-corrected chi connectivity index (χ2v) is 8.46. The molecular weight excluding hydrogens is 429 g/mol. The lowest BCUT2D eigenvalue weighted by Crippen LogP contribution is -2.49. The molecule has 0 saturated heterocycles. The van der Waals surface area contributed by atoms with E-state index in [0.717, 1.165) is 0 Å². The fourth-order valence-corrected chi connectivity index (χ4v) is 2.97. The zero-order valence-electron chi connectivity index (χ0n) is 19.5. The molecule has 0 aliphatic carbocycles. The lowest BCUT2D eigenvalue weighted by molar-refractivity contribution is -0.125. The molecule has 0 bridgehead atoms. The molecule has 2 N–H and O–H groups in total. The number of hydrogen-bond acceptors (Lipinski definition) is 6. The highest BCUT2D eigenvalue weighted by Crippen LogP contribution is 2.30. The van der Waals surface area contributed by atoms with Crippen LogP contribution < -0.4 is 20.1 Å². The molecule has 0 aliphatic rings. The van der Waals surface area contributed by atoms with Crippen molar-refractivity contribution in [2.24, 2.45) is 5.41 Å². The maximum absolute atomic E-state index is 13.3. The minimum Gasteiger partial charge on any atom is -0.493 e. The molecule has 0 aromatic heterocycles. The molecule has 2 unspecified atom stereocenters. The molecule has 0 radical (unpaired) electrons. The van der Waals surface area contributed by atoms with E-state index in [0.29, 0.717) is 31.5 Å². The molecule has 2 atom stereocenters. The van der Waals surface area contributed by atoms with Crippen molar-refractivity contribution in [3.8, 4) is 11.5 Å². The maximum Gasteiger partial charge on any atom is 0.304 e. The van der Waals surface area contributed by atoms with Gasteiger partial charge < -0.3 is 29.6 Å². The third-order valence-electron chi connectivity index (χ3n) is 4.57. The van der Waals surface area contributed by atoms with Crippen LogP contribution in [0.15, 0.2) is 18.2 Å². The molecule has 0 heterocycles. The first kappa shape index (κ1) is 28.0. The van der Waals surface area contributed by atoms with Gasteiger partial charge in [-0.2, -0.15) is 4.39 Å². The first-order chi connectivity index (χ1) is 15.0. The number of halogens is 3. The first-order valence-corrected chi connectivity index (χ1v) is 10.3. The topological polar surface area (TPSA) is 78.1 Å². The summed E-state index contributed by atoms with van der Waals surface area (Å²) in [4.78, 5) is 12.8. The quantitative estimate of drug-likeness (QED) is 0.412. The number of rotatable bonds is 14. The molecule has 0 aliphatic heterocycles. The number of carbonyl (C=O) groups excluding carboxylic acids is 1. The predicted molar refractivity (Wildman–Crippen MR) is 115 cm³/mol. The van der Waals surface area contributed by atoms with Crippen LogP contribution in [0.3, 0.4) is 0 Å². The Hall–Kier alpha value is -2.04. The highest BCUT2D eigenvalue weighted by Gasteiger charge is 2.26. The van der Waals surface area contributed by atoms with Gasteiger partial charge >= 0.3 is 6.43 Å². The normalized spacial score (nSPS) is 13.8. The number of carbonyl (C=O) groups is 1.